The first-order valence-electron chi connectivity index (χ1n) is 7.30. The first-order chi connectivity index (χ1) is 12.2. The van der Waals surface area contributed by atoms with Crippen molar-refractivity contribution in [2.45, 2.75) is 4.90 Å². The van der Waals surface area contributed by atoms with E-state index >= 15 is 0 Å². The van der Waals surface area contributed by atoms with Gasteiger partial charge in [-0.25, -0.2) is 12.8 Å². The summed E-state index contributed by atoms with van der Waals surface area (Å²) >= 11 is 11.7. The fourth-order valence-electron chi connectivity index (χ4n) is 2.05. The fraction of sp³-hybridized carbons (Fsp3) is 0.188. The number of carbonyl (C=O) groups is 1. The van der Waals surface area contributed by atoms with Gasteiger partial charge in [-0.3, -0.25) is 4.79 Å². The number of hydrogen-bond acceptors (Lipinski definition) is 4. The Kier molecular flexibility index (Phi) is 6.59. The van der Waals surface area contributed by atoms with Crippen LogP contribution in [0.15, 0.2) is 41.3 Å². The molecule has 2 aromatic carbocycles. The van der Waals surface area contributed by atoms with Gasteiger partial charge in [0.2, 0.25) is 10.0 Å². The highest BCUT2D eigenvalue weighted by Gasteiger charge is 2.23. The molecule has 0 saturated heterocycles. The molecular formula is C16H15Cl2FN2O4S. The highest BCUT2D eigenvalue weighted by atomic mass is 35.5. The number of nitrogens with one attached hydrogen (secondary N) is 1. The van der Waals surface area contributed by atoms with Crippen LogP contribution in [-0.4, -0.2) is 43.9 Å². The molecule has 0 heterocycles. The van der Waals surface area contributed by atoms with Crippen molar-refractivity contribution in [1.29, 1.82) is 0 Å². The first-order valence-corrected chi connectivity index (χ1v) is 9.49. The van der Waals surface area contributed by atoms with E-state index in [4.69, 9.17) is 28.3 Å². The number of aliphatic hydroxyl groups is 1. The van der Waals surface area contributed by atoms with E-state index in [2.05, 4.69) is 5.32 Å². The molecule has 0 aliphatic rings. The Balaban J connectivity index is 2.34. The van der Waals surface area contributed by atoms with E-state index in [0.717, 1.165) is 16.4 Å². The van der Waals surface area contributed by atoms with Crippen LogP contribution in [0, 0.1) is 5.82 Å². The molecule has 6 nitrogen and oxygen atoms in total. The molecule has 26 heavy (non-hydrogen) atoms. The van der Waals surface area contributed by atoms with E-state index < -0.39 is 21.7 Å². The van der Waals surface area contributed by atoms with Crippen molar-refractivity contribution in [2.24, 2.45) is 0 Å². The van der Waals surface area contributed by atoms with Gasteiger partial charge in [0, 0.05) is 19.3 Å². The molecule has 2 N–H and O–H groups in total. The monoisotopic (exact) mass is 420 g/mol. The minimum absolute atomic E-state index is 0.0412. The van der Waals surface area contributed by atoms with Crippen molar-refractivity contribution in [3.8, 4) is 0 Å². The number of nitrogens with zero attached hydrogens (tertiary/aromatic N) is 1. The maximum absolute atomic E-state index is 13.2. The van der Waals surface area contributed by atoms with Gasteiger partial charge in [-0.05, 0) is 36.4 Å². The Morgan fingerprint density at radius 3 is 2.50 bits per heavy atom. The van der Waals surface area contributed by atoms with E-state index in [-0.39, 0.29) is 39.3 Å². The normalized spacial score (nSPS) is 11.6. The lowest BCUT2D eigenvalue weighted by atomic mass is 10.2. The largest absolute Gasteiger partial charge is 0.395 e. The Bertz CT molecular complexity index is 938. The van der Waals surface area contributed by atoms with Gasteiger partial charge in [0.25, 0.3) is 5.91 Å². The average Bonchev–Trinajstić information content (AvgIpc) is 2.58. The summed E-state index contributed by atoms with van der Waals surface area (Å²) in [6.07, 6.45) is 0. The predicted octanol–water partition coefficient (Wildman–Crippen LogP) is 3.00. The molecule has 2 rings (SSSR count). The van der Waals surface area contributed by atoms with Crippen molar-refractivity contribution >= 4 is 44.8 Å². The zero-order valence-electron chi connectivity index (χ0n) is 13.5. The number of sulfonamides is 1. The van der Waals surface area contributed by atoms with Gasteiger partial charge in [-0.15, -0.1) is 0 Å². The molecular weight excluding hydrogens is 406 g/mol. The quantitative estimate of drug-likeness (QED) is 0.751. The number of aliphatic hydroxyl groups excluding tert-OH is 1. The Morgan fingerprint density at radius 2 is 1.88 bits per heavy atom. The molecule has 0 radical (unpaired) electrons. The molecule has 10 heteroatoms. The molecule has 0 atom stereocenters. The number of likely N-dealkylation sites (N-methyl/N-ethyl adjacent to an activating group) is 1. The Labute approximate surface area is 160 Å². The van der Waals surface area contributed by atoms with Crippen LogP contribution in [0.5, 0.6) is 0 Å². The van der Waals surface area contributed by atoms with E-state index in [1.54, 1.807) is 0 Å². The lowest BCUT2D eigenvalue weighted by molar-refractivity contribution is 0.102. The number of anilines is 1. The Hall–Kier alpha value is -1.71. The first kappa shape index (κ1) is 20.6. The van der Waals surface area contributed by atoms with Crippen molar-refractivity contribution in [3.63, 3.8) is 0 Å². The van der Waals surface area contributed by atoms with Crippen LogP contribution in [-0.2, 0) is 10.0 Å². The topological polar surface area (TPSA) is 86.7 Å². The second-order valence-electron chi connectivity index (χ2n) is 5.27. The SMILES string of the molecule is CN(CCO)S(=O)(=O)c1ccc(Cl)c(C(=O)Nc2ccc(F)c(Cl)c2)c1. The molecule has 0 saturated carbocycles. The molecule has 0 fully saturated rings. The number of carbonyl (C=O) groups excluding carboxylic acids is 1. The minimum atomic E-state index is -3.90. The van der Waals surface area contributed by atoms with E-state index in [1.807, 2.05) is 0 Å². The third-order valence-electron chi connectivity index (χ3n) is 3.48. The summed E-state index contributed by atoms with van der Waals surface area (Å²) in [5.74, 6) is -1.32. The summed E-state index contributed by atoms with van der Waals surface area (Å²) in [6, 6.07) is 7.29. The smallest absolute Gasteiger partial charge is 0.257 e. The second-order valence-corrected chi connectivity index (χ2v) is 8.13. The van der Waals surface area contributed by atoms with Gasteiger partial charge in [-0.1, -0.05) is 23.2 Å². The summed E-state index contributed by atoms with van der Waals surface area (Å²) in [6.45, 7) is -0.442. The number of hydrogen-bond donors (Lipinski definition) is 2. The maximum Gasteiger partial charge on any atom is 0.257 e. The fourth-order valence-corrected chi connectivity index (χ4v) is 3.62. The van der Waals surface area contributed by atoms with Crippen molar-refractivity contribution in [1.82, 2.24) is 4.31 Å². The van der Waals surface area contributed by atoms with Gasteiger partial charge in [0.05, 0.1) is 27.1 Å². The van der Waals surface area contributed by atoms with E-state index in [1.165, 1.54) is 31.3 Å². The molecule has 0 bridgehead atoms. The lowest BCUT2D eigenvalue weighted by Crippen LogP contribution is -2.29. The van der Waals surface area contributed by atoms with Crippen LogP contribution in [0.1, 0.15) is 10.4 Å². The summed E-state index contributed by atoms with van der Waals surface area (Å²) in [5, 5.41) is 11.3. The average molecular weight is 421 g/mol. The number of amides is 1. The van der Waals surface area contributed by atoms with Crippen LogP contribution >= 0.6 is 23.2 Å². The standard InChI is InChI=1S/C16H15Cl2FN2O4S/c1-21(6-7-22)26(24,25)11-3-4-13(17)12(9-11)16(23)20-10-2-5-15(19)14(18)8-10/h2-5,8-9,22H,6-7H2,1H3,(H,20,23). The zero-order valence-corrected chi connectivity index (χ0v) is 15.9. The van der Waals surface area contributed by atoms with E-state index in [9.17, 15) is 17.6 Å². The molecule has 0 spiro atoms. The molecule has 0 aliphatic heterocycles. The highest BCUT2D eigenvalue weighted by Crippen LogP contribution is 2.25. The molecule has 0 aromatic heterocycles. The molecule has 140 valence electrons. The van der Waals surface area contributed by atoms with Gasteiger partial charge in [0.1, 0.15) is 5.82 Å². The number of benzene rings is 2. The Morgan fingerprint density at radius 1 is 1.19 bits per heavy atom. The van der Waals surface area contributed by atoms with Crippen molar-refractivity contribution < 1.29 is 22.7 Å². The van der Waals surface area contributed by atoms with E-state index in [0.29, 0.717) is 0 Å². The molecule has 1 amide bonds. The van der Waals surface area contributed by atoms with Crippen LogP contribution in [0.4, 0.5) is 10.1 Å². The minimum Gasteiger partial charge on any atom is -0.395 e. The third-order valence-corrected chi connectivity index (χ3v) is 5.96. The van der Waals surface area contributed by atoms with Crippen molar-refractivity contribution in [3.05, 3.63) is 57.8 Å². The van der Waals surface area contributed by atoms with Gasteiger partial charge < -0.3 is 10.4 Å². The molecule has 0 aliphatic carbocycles. The second kappa shape index (κ2) is 8.32. The van der Waals surface area contributed by atoms with Gasteiger partial charge in [0.15, 0.2) is 0 Å². The highest BCUT2D eigenvalue weighted by molar-refractivity contribution is 7.89. The summed E-state index contributed by atoms with van der Waals surface area (Å²) in [7, 11) is -2.59. The number of halogens is 3. The molecule has 0 unspecified atom stereocenters. The third kappa shape index (κ3) is 4.52. The zero-order chi connectivity index (χ0) is 19.5. The summed E-state index contributed by atoms with van der Waals surface area (Å²) in [5.41, 5.74) is 0.147. The van der Waals surface area contributed by atoms with Crippen LogP contribution in [0.3, 0.4) is 0 Å². The van der Waals surface area contributed by atoms with Crippen molar-refractivity contribution in [2.75, 3.05) is 25.5 Å². The van der Waals surface area contributed by atoms with Gasteiger partial charge >= 0.3 is 0 Å². The van der Waals surface area contributed by atoms with Crippen LogP contribution in [0.2, 0.25) is 10.0 Å². The number of rotatable bonds is 6. The predicted molar refractivity (Wildman–Crippen MR) is 97.7 cm³/mol. The maximum atomic E-state index is 13.2. The lowest BCUT2D eigenvalue weighted by Gasteiger charge is -2.16. The van der Waals surface area contributed by atoms with Crippen LogP contribution in [0.25, 0.3) is 0 Å². The summed E-state index contributed by atoms with van der Waals surface area (Å²) < 4.78 is 39.0. The molecule has 2 aromatic rings. The van der Waals surface area contributed by atoms with Gasteiger partial charge in [-0.2, -0.15) is 4.31 Å². The summed E-state index contributed by atoms with van der Waals surface area (Å²) in [4.78, 5) is 12.3. The van der Waals surface area contributed by atoms with Crippen LogP contribution < -0.4 is 5.32 Å².